The van der Waals surface area contributed by atoms with E-state index in [1.807, 2.05) is 12.1 Å². The molecule has 1 aliphatic heterocycles. The van der Waals surface area contributed by atoms with Crippen LogP contribution in [0.25, 0.3) is 0 Å². The lowest BCUT2D eigenvalue weighted by molar-refractivity contribution is 0.0420. The quantitative estimate of drug-likeness (QED) is 0.252. The summed E-state index contributed by atoms with van der Waals surface area (Å²) in [4.78, 5) is 8.68. The van der Waals surface area contributed by atoms with Crippen molar-refractivity contribution in [2.45, 2.75) is 32.4 Å². The minimum Gasteiger partial charge on any atom is -0.481 e. The normalized spacial score (nSPS) is 17.0. The van der Waals surface area contributed by atoms with Crippen molar-refractivity contribution in [1.29, 1.82) is 0 Å². The van der Waals surface area contributed by atoms with Gasteiger partial charge in [0.1, 0.15) is 0 Å². The number of hydrogen-bond acceptors (Lipinski definition) is 5. The average molecular weight is 464 g/mol. The van der Waals surface area contributed by atoms with Crippen LogP contribution in [0.15, 0.2) is 23.3 Å². The molecule has 25 heavy (non-hydrogen) atoms. The Balaban J connectivity index is 0.00000312. The highest BCUT2D eigenvalue weighted by atomic mass is 127. The first-order chi connectivity index (χ1) is 11.8. The molecule has 1 aromatic rings. The van der Waals surface area contributed by atoms with E-state index in [2.05, 4.69) is 27.5 Å². The fraction of sp³-hybridized carbons (Fsp3) is 0.647. The first kappa shape index (κ1) is 21.9. The molecule has 0 aliphatic carbocycles. The van der Waals surface area contributed by atoms with Crippen LogP contribution in [0.3, 0.4) is 0 Å². The van der Waals surface area contributed by atoms with Crippen LogP contribution in [0, 0.1) is 0 Å². The Morgan fingerprint density at radius 2 is 2.32 bits per heavy atom. The summed E-state index contributed by atoms with van der Waals surface area (Å²) in [5.41, 5.74) is 1.06. The molecule has 2 heterocycles. The highest BCUT2D eigenvalue weighted by molar-refractivity contribution is 14.0. The van der Waals surface area contributed by atoms with Gasteiger partial charge in [0.2, 0.25) is 5.88 Å². The second kappa shape index (κ2) is 13.1. The highest BCUT2D eigenvalue weighted by Crippen LogP contribution is 2.09. The zero-order valence-electron chi connectivity index (χ0n) is 15.0. The van der Waals surface area contributed by atoms with Crippen molar-refractivity contribution < 1.29 is 14.2 Å². The van der Waals surface area contributed by atoms with E-state index in [4.69, 9.17) is 14.2 Å². The average Bonchev–Trinajstić information content (AvgIpc) is 3.13. The Kier molecular flexibility index (Phi) is 11.5. The summed E-state index contributed by atoms with van der Waals surface area (Å²) in [6.07, 6.45) is 3.94. The standard InChI is InChI=1S/C17H28N4O3.HI/c1-3-18-17(20-7-4-9-24-15-6-10-23-13-15)21-12-14-5-8-19-16(11-14)22-2;/h5,8,11,15H,3-4,6-7,9-10,12-13H2,1-2H3,(H2,18,20,21);1H. The maximum atomic E-state index is 5.75. The molecule has 1 aromatic heterocycles. The number of rotatable bonds is 9. The van der Waals surface area contributed by atoms with Crippen molar-refractivity contribution in [3.8, 4) is 5.88 Å². The van der Waals surface area contributed by atoms with E-state index in [0.29, 0.717) is 12.4 Å². The minimum atomic E-state index is 0. The zero-order chi connectivity index (χ0) is 17.0. The van der Waals surface area contributed by atoms with Gasteiger partial charge in [0.25, 0.3) is 0 Å². The molecule has 2 rings (SSSR count). The topological polar surface area (TPSA) is 77.0 Å². The van der Waals surface area contributed by atoms with Crippen LogP contribution in [0.2, 0.25) is 0 Å². The van der Waals surface area contributed by atoms with Gasteiger partial charge in [-0.1, -0.05) is 0 Å². The second-order valence-electron chi connectivity index (χ2n) is 5.54. The van der Waals surface area contributed by atoms with Crippen molar-refractivity contribution >= 4 is 29.9 Å². The maximum Gasteiger partial charge on any atom is 0.213 e. The van der Waals surface area contributed by atoms with Gasteiger partial charge >= 0.3 is 0 Å². The van der Waals surface area contributed by atoms with Gasteiger partial charge in [-0.25, -0.2) is 9.98 Å². The summed E-state index contributed by atoms with van der Waals surface area (Å²) in [5, 5.41) is 6.57. The number of pyridine rings is 1. The number of ether oxygens (including phenoxy) is 3. The molecule has 8 heteroatoms. The lowest BCUT2D eigenvalue weighted by Gasteiger charge is -2.13. The van der Waals surface area contributed by atoms with E-state index in [9.17, 15) is 0 Å². The summed E-state index contributed by atoms with van der Waals surface area (Å²) in [6.45, 7) is 6.55. The Hall–Kier alpha value is -1.13. The SMILES string of the molecule is CCNC(=NCc1ccnc(OC)c1)NCCCOC1CCOC1.I. The van der Waals surface area contributed by atoms with Crippen molar-refractivity contribution in [2.24, 2.45) is 4.99 Å². The molecule has 1 unspecified atom stereocenters. The van der Waals surface area contributed by atoms with Crippen molar-refractivity contribution in [2.75, 3.05) is 40.0 Å². The Bertz CT molecular complexity index is 510. The second-order valence-corrected chi connectivity index (χ2v) is 5.54. The minimum absolute atomic E-state index is 0. The number of aliphatic imine (C=N–C) groups is 1. The van der Waals surface area contributed by atoms with Gasteiger partial charge in [0, 0.05) is 38.6 Å². The number of nitrogens with zero attached hydrogens (tertiary/aromatic N) is 2. The maximum absolute atomic E-state index is 5.75. The van der Waals surface area contributed by atoms with Crippen molar-refractivity contribution in [3.63, 3.8) is 0 Å². The molecule has 1 atom stereocenters. The van der Waals surface area contributed by atoms with E-state index >= 15 is 0 Å². The Morgan fingerprint density at radius 1 is 1.44 bits per heavy atom. The Morgan fingerprint density at radius 3 is 3.04 bits per heavy atom. The summed E-state index contributed by atoms with van der Waals surface area (Å²) in [6, 6.07) is 3.83. The summed E-state index contributed by atoms with van der Waals surface area (Å²) >= 11 is 0. The number of halogens is 1. The summed E-state index contributed by atoms with van der Waals surface area (Å²) in [5.74, 6) is 1.41. The van der Waals surface area contributed by atoms with Gasteiger partial charge in [-0.15, -0.1) is 24.0 Å². The number of methoxy groups -OCH3 is 1. The highest BCUT2D eigenvalue weighted by Gasteiger charge is 2.15. The van der Waals surface area contributed by atoms with E-state index < -0.39 is 0 Å². The van der Waals surface area contributed by atoms with Crippen LogP contribution >= 0.6 is 24.0 Å². The number of nitrogens with one attached hydrogen (secondary N) is 2. The first-order valence-electron chi connectivity index (χ1n) is 8.52. The lowest BCUT2D eigenvalue weighted by atomic mass is 10.3. The van der Waals surface area contributed by atoms with Gasteiger partial charge in [-0.2, -0.15) is 0 Å². The molecule has 2 N–H and O–H groups in total. The molecule has 0 aromatic carbocycles. The molecule has 0 amide bonds. The molecule has 1 saturated heterocycles. The van der Waals surface area contributed by atoms with Gasteiger partial charge < -0.3 is 24.8 Å². The molecule has 0 saturated carbocycles. The monoisotopic (exact) mass is 464 g/mol. The van der Waals surface area contributed by atoms with Crippen molar-refractivity contribution in [1.82, 2.24) is 15.6 Å². The fourth-order valence-electron chi connectivity index (χ4n) is 2.35. The van der Waals surface area contributed by atoms with E-state index in [1.54, 1.807) is 13.3 Å². The summed E-state index contributed by atoms with van der Waals surface area (Å²) < 4.78 is 16.2. The molecule has 0 spiro atoms. The molecule has 0 radical (unpaired) electrons. The number of aromatic nitrogens is 1. The van der Waals surface area contributed by atoms with E-state index in [1.165, 1.54) is 0 Å². The predicted molar refractivity (Wildman–Crippen MR) is 109 cm³/mol. The van der Waals surface area contributed by atoms with Gasteiger partial charge in [0.15, 0.2) is 5.96 Å². The predicted octanol–water partition coefficient (Wildman–Crippen LogP) is 1.96. The van der Waals surface area contributed by atoms with Crippen LogP contribution in [-0.4, -0.2) is 57.1 Å². The summed E-state index contributed by atoms with van der Waals surface area (Å²) in [7, 11) is 1.61. The van der Waals surface area contributed by atoms with E-state index in [-0.39, 0.29) is 30.1 Å². The molecule has 142 valence electrons. The molecular weight excluding hydrogens is 435 g/mol. The van der Waals surface area contributed by atoms with Crippen LogP contribution < -0.4 is 15.4 Å². The number of hydrogen-bond donors (Lipinski definition) is 2. The molecular formula is C17H29IN4O3. The van der Waals surface area contributed by atoms with Crippen LogP contribution in [-0.2, 0) is 16.0 Å². The molecule has 7 nitrogen and oxygen atoms in total. The zero-order valence-corrected chi connectivity index (χ0v) is 17.3. The first-order valence-corrected chi connectivity index (χ1v) is 8.52. The molecule has 1 aliphatic rings. The van der Waals surface area contributed by atoms with Gasteiger partial charge in [-0.3, -0.25) is 0 Å². The largest absolute Gasteiger partial charge is 0.481 e. The molecule has 0 bridgehead atoms. The number of guanidine groups is 1. The van der Waals surface area contributed by atoms with Gasteiger partial charge in [0.05, 0.1) is 26.4 Å². The third-order valence-electron chi connectivity index (χ3n) is 3.63. The van der Waals surface area contributed by atoms with Crippen LogP contribution in [0.4, 0.5) is 0 Å². The molecule has 1 fully saturated rings. The lowest BCUT2D eigenvalue weighted by Crippen LogP contribution is -2.38. The fourth-order valence-corrected chi connectivity index (χ4v) is 2.35. The third kappa shape index (κ3) is 8.68. The van der Waals surface area contributed by atoms with Crippen LogP contribution in [0.5, 0.6) is 5.88 Å². The van der Waals surface area contributed by atoms with Gasteiger partial charge in [-0.05, 0) is 31.4 Å². The van der Waals surface area contributed by atoms with Crippen LogP contribution in [0.1, 0.15) is 25.3 Å². The third-order valence-corrected chi connectivity index (χ3v) is 3.63. The Labute approximate surface area is 167 Å². The smallest absolute Gasteiger partial charge is 0.213 e. The van der Waals surface area contributed by atoms with E-state index in [0.717, 1.165) is 57.3 Å². The van der Waals surface area contributed by atoms with Crippen molar-refractivity contribution in [3.05, 3.63) is 23.9 Å².